The van der Waals surface area contributed by atoms with Gasteiger partial charge < -0.3 is 14.9 Å². The number of rotatable bonds is 2. The Morgan fingerprint density at radius 1 is 1.24 bits per heavy atom. The van der Waals surface area contributed by atoms with Gasteiger partial charge in [-0.05, 0) is 25.8 Å². The SMILES string of the molecule is CC(C)(O)[C@H]1C[C@@H](c2ccccc2)OC[C@H]1O. The molecule has 2 N–H and O–H groups in total. The first kappa shape index (κ1) is 12.6. The Kier molecular flexibility index (Phi) is 3.52. The van der Waals surface area contributed by atoms with Crippen molar-refractivity contribution in [2.45, 2.75) is 38.1 Å². The zero-order valence-electron chi connectivity index (χ0n) is 10.3. The van der Waals surface area contributed by atoms with Crippen molar-refractivity contribution in [3.05, 3.63) is 35.9 Å². The lowest BCUT2D eigenvalue weighted by Crippen LogP contribution is -2.45. The van der Waals surface area contributed by atoms with Crippen LogP contribution in [0.2, 0.25) is 0 Å². The first-order chi connectivity index (χ1) is 7.98. The van der Waals surface area contributed by atoms with Gasteiger partial charge in [0.1, 0.15) is 0 Å². The lowest BCUT2D eigenvalue weighted by atomic mass is 9.79. The van der Waals surface area contributed by atoms with Gasteiger partial charge in [0.15, 0.2) is 0 Å². The van der Waals surface area contributed by atoms with Gasteiger partial charge in [-0.15, -0.1) is 0 Å². The second-order valence-electron chi connectivity index (χ2n) is 5.30. The summed E-state index contributed by atoms with van der Waals surface area (Å²) in [5.74, 6) is -0.151. The molecule has 0 unspecified atom stereocenters. The maximum absolute atomic E-state index is 10.1. The number of hydrogen-bond acceptors (Lipinski definition) is 3. The highest BCUT2D eigenvalue weighted by molar-refractivity contribution is 5.18. The molecule has 0 spiro atoms. The topological polar surface area (TPSA) is 49.7 Å². The summed E-state index contributed by atoms with van der Waals surface area (Å²) in [7, 11) is 0. The van der Waals surface area contributed by atoms with Gasteiger partial charge in [0.2, 0.25) is 0 Å². The van der Waals surface area contributed by atoms with Crippen LogP contribution in [0.1, 0.15) is 31.9 Å². The first-order valence-electron chi connectivity index (χ1n) is 6.05. The second kappa shape index (κ2) is 4.77. The van der Waals surface area contributed by atoms with Crippen LogP contribution >= 0.6 is 0 Å². The molecule has 0 amide bonds. The van der Waals surface area contributed by atoms with Gasteiger partial charge in [0, 0.05) is 5.92 Å². The highest BCUT2D eigenvalue weighted by Gasteiger charge is 2.39. The van der Waals surface area contributed by atoms with Crippen LogP contribution in [-0.4, -0.2) is 28.5 Å². The van der Waals surface area contributed by atoms with Crippen molar-refractivity contribution in [1.82, 2.24) is 0 Å². The third-order valence-electron chi connectivity index (χ3n) is 3.48. The molecule has 1 aliphatic heterocycles. The van der Waals surface area contributed by atoms with E-state index in [1.165, 1.54) is 0 Å². The number of hydrogen-bond donors (Lipinski definition) is 2. The van der Waals surface area contributed by atoms with Crippen molar-refractivity contribution in [1.29, 1.82) is 0 Å². The third kappa shape index (κ3) is 2.86. The van der Waals surface area contributed by atoms with Crippen LogP contribution in [0.15, 0.2) is 30.3 Å². The van der Waals surface area contributed by atoms with Crippen molar-refractivity contribution >= 4 is 0 Å². The summed E-state index contributed by atoms with van der Waals surface area (Å²) in [6.45, 7) is 3.77. The van der Waals surface area contributed by atoms with Crippen molar-refractivity contribution in [2.75, 3.05) is 6.61 Å². The Labute approximate surface area is 102 Å². The molecule has 2 rings (SSSR count). The quantitative estimate of drug-likeness (QED) is 0.824. The molecule has 0 bridgehead atoms. The van der Waals surface area contributed by atoms with E-state index in [9.17, 15) is 10.2 Å². The molecule has 1 aliphatic rings. The van der Waals surface area contributed by atoms with Crippen LogP contribution in [0.25, 0.3) is 0 Å². The van der Waals surface area contributed by atoms with Gasteiger partial charge in [-0.1, -0.05) is 30.3 Å². The van der Waals surface area contributed by atoms with Gasteiger partial charge in [0.05, 0.1) is 24.4 Å². The molecule has 1 aromatic rings. The Morgan fingerprint density at radius 3 is 2.47 bits per heavy atom. The largest absolute Gasteiger partial charge is 0.390 e. The Balaban J connectivity index is 2.13. The van der Waals surface area contributed by atoms with Gasteiger partial charge in [-0.25, -0.2) is 0 Å². The standard InChI is InChI=1S/C14H20O3/c1-14(2,16)11-8-13(17-9-12(11)15)10-6-4-3-5-7-10/h3-7,11-13,15-16H,8-9H2,1-2H3/t11-,12+,13-/m0/s1. The van der Waals surface area contributed by atoms with E-state index >= 15 is 0 Å². The summed E-state index contributed by atoms with van der Waals surface area (Å²) in [5, 5.41) is 19.9. The molecule has 0 aliphatic carbocycles. The van der Waals surface area contributed by atoms with E-state index in [1.807, 2.05) is 30.3 Å². The summed E-state index contributed by atoms with van der Waals surface area (Å²) in [5.41, 5.74) is 0.226. The minimum atomic E-state index is -0.879. The van der Waals surface area contributed by atoms with Crippen LogP contribution in [0.5, 0.6) is 0 Å². The molecule has 94 valence electrons. The van der Waals surface area contributed by atoms with E-state index in [-0.39, 0.29) is 18.6 Å². The van der Waals surface area contributed by atoms with E-state index in [0.717, 1.165) is 5.56 Å². The second-order valence-corrected chi connectivity index (χ2v) is 5.30. The van der Waals surface area contributed by atoms with E-state index in [0.29, 0.717) is 6.42 Å². The average Bonchev–Trinajstić information content (AvgIpc) is 2.29. The molecule has 0 aromatic heterocycles. The number of aliphatic hydroxyl groups excluding tert-OH is 1. The van der Waals surface area contributed by atoms with Gasteiger partial charge in [-0.3, -0.25) is 0 Å². The summed E-state index contributed by atoms with van der Waals surface area (Å²) in [6.07, 6.45) is 0.0280. The van der Waals surface area contributed by atoms with E-state index < -0.39 is 11.7 Å². The lowest BCUT2D eigenvalue weighted by molar-refractivity contribution is -0.144. The van der Waals surface area contributed by atoms with Crippen LogP contribution in [-0.2, 0) is 4.74 Å². The highest BCUT2D eigenvalue weighted by Crippen LogP contribution is 2.37. The Bertz CT molecular complexity index is 355. The average molecular weight is 236 g/mol. The van der Waals surface area contributed by atoms with E-state index in [1.54, 1.807) is 13.8 Å². The zero-order valence-corrected chi connectivity index (χ0v) is 10.3. The van der Waals surface area contributed by atoms with Crippen LogP contribution < -0.4 is 0 Å². The molecule has 3 nitrogen and oxygen atoms in total. The maximum atomic E-state index is 10.1. The Hall–Kier alpha value is -0.900. The lowest BCUT2D eigenvalue weighted by Gasteiger charge is -2.40. The number of ether oxygens (including phenoxy) is 1. The Morgan fingerprint density at radius 2 is 1.88 bits per heavy atom. The monoisotopic (exact) mass is 236 g/mol. The molecule has 3 heteroatoms. The van der Waals surface area contributed by atoms with Crippen molar-refractivity contribution in [3.8, 4) is 0 Å². The highest BCUT2D eigenvalue weighted by atomic mass is 16.5. The predicted octanol–water partition coefficient (Wildman–Crippen LogP) is 1.90. The van der Waals surface area contributed by atoms with Crippen LogP contribution in [0, 0.1) is 5.92 Å². The predicted molar refractivity (Wildman–Crippen MR) is 65.5 cm³/mol. The first-order valence-corrected chi connectivity index (χ1v) is 6.05. The van der Waals surface area contributed by atoms with E-state index in [4.69, 9.17) is 4.74 Å². The summed E-state index contributed by atoms with van der Waals surface area (Å²) in [6, 6.07) is 9.95. The minimum Gasteiger partial charge on any atom is -0.390 e. The molecule has 1 fully saturated rings. The molecular weight excluding hydrogens is 216 g/mol. The van der Waals surface area contributed by atoms with Gasteiger partial charge >= 0.3 is 0 Å². The minimum absolute atomic E-state index is 0.0315. The molecular formula is C14H20O3. The third-order valence-corrected chi connectivity index (χ3v) is 3.48. The molecule has 1 aromatic carbocycles. The fraction of sp³-hybridized carbons (Fsp3) is 0.571. The van der Waals surface area contributed by atoms with Crippen molar-refractivity contribution < 1.29 is 14.9 Å². The maximum Gasteiger partial charge on any atom is 0.0830 e. The van der Waals surface area contributed by atoms with Crippen LogP contribution in [0.3, 0.4) is 0 Å². The smallest absolute Gasteiger partial charge is 0.0830 e. The molecule has 3 atom stereocenters. The molecule has 1 saturated heterocycles. The normalized spacial score (nSPS) is 30.2. The molecule has 0 radical (unpaired) electrons. The van der Waals surface area contributed by atoms with Gasteiger partial charge in [0.25, 0.3) is 0 Å². The zero-order chi connectivity index (χ0) is 12.5. The van der Waals surface area contributed by atoms with E-state index in [2.05, 4.69) is 0 Å². The molecule has 0 saturated carbocycles. The molecule has 1 heterocycles. The fourth-order valence-electron chi connectivity index (χ4n) is 2.45. The summed E-state index contributed by atoms with van der Waals surface area (Å²) in [4.78, 5) is 0. The summed E-state index contributed by atoms with van der Waals surface area (Å²) >= 11 is 0. The summed E-state index contributed by atoms with van der Waals surface area (Å²) < 4.78 is 5.64. The van der Waals surface area contributed by atoms with Crippen molar-refractivity contribution in [2.24, 2.45) is 5.92 Å². The van der Waals surface area contributed by atoms with Crippen molar-refractivity contribution in [3.63, 3.8) is 0 Å². The fourth-order valence-corrected chi connectivity index (χ4v) is 2.45. The molecule has 17 heavy (non-hydrogen) atoms. The number of benzene rings is 1. The van der Waals surface area contributed by atoms with Gasteiger partial charge in [-0.2, -0.15) is 0 Å². The van der Waals surface area contributed by atoms with Crippen LogP contribution in [0.4, 0.5) is 0 Å². The number of aliphatic hydroxyl groups is 2.